The lowest BCUT2D eigenvalue weighted by Crippen LogP contribution is -2.34. The minimum atomic E-state index is 0. The fourth-order valence-electron chi connectivity index (χ4n) is 2.53. The minimum Gasteiger partial charge on any atom is -0.493 e. The minimum absolute atomic E-state index is 0. The van der Waals surface area contributed by atoms with Gasteiger partial charge in [-0.25, -0.2) is 0 Å². The van der Waals surface area contributed by atoms with Crippen molar-refractivity contribution in [2.24, 2.45) is 0 Å². The molecule has 0 radical (unpaired) electrons. The normalized spacial score (nSPS) is 15.0. The maximum absolute atomic E-state index is 12.1. The Bertz CT molecular complexity index is 437. The Morgan fingerprint density at radius 1 is 1.19 bits per heavy atom. The summed E-state index contributed by atoms with van der Waals surface area (Å²) >= 11 is 0. The number of carbonyl (C=O) groups is 1. The summed E-state index contributed by atoms with van der Waals surface area (Å²) in [6.45, 7) is 8.11. The van der Waals surface area contributed by atoms with E-state index < -0.39 is 0 Å². The molecule has 0 unspecified atom stereocenters. The van der Waals surface area contributed by atoms with Gasteiger partial charge in [0.1, 0.15) is 5.75 Å². The highest BCUT2D eigenvalue weighted by molar-refractivity contribution is 5.85. The van der Waals surface area contributed by atoms with Crippen LogP contribution in [0.25, 0.3) is 0 Å². The molecule has 0 aliphatic carbocycles. The van der Waals surface area contributed by atoms with Gasteiger partial charge in [0.2, 0.25) is 5.91 Å². The first-order valence-corrected chi connectivity index (χ1v) is 7.35. The van der Waals surface area contributed by atoms with Crippen LogP contribution in [0.15, 0.2) is 18.2 Å². The van der Waals surface area contributed by atoms with Crippen molar-refractivity contribution in [1.29, 1.82) is 0 Å². The molecule has 0 bridgehead atoms. The Morgan fingerprint density at radius 2 is 1.90 bits per heavy atom. The summed E-state index contributed by atoms with van der Waals surface area (Å²) in [6, 6.07) is 6.13. The highest BCUT2D eigenvalue weighted by atomic mass is 35.5. The van der Waals surface area contributed by atoms with Crippen LogP contribution in [-0.4, -0.2) is 43.6 Å². The Morgan fingerprint density at radius 3 is 2.62 bits per heavy atom. The number of aryl methyl sites for hydroxylation is 2. The molecule has 4 nitrogen and oxygen atoms in total. The van der Waals surface area contributed by atoms with Crippen molar-refractivity contribution >= 4 is 18.3 Å². The number of ether oxygens (including phenoxy) is 1. The number of hydrogen-bond acceptors (Lipinski definition) is 3. The van der Waals surface area contributed by atoms with Crippen molar-refractivity contribution in [2.45, 2.75) is 26.7 Å². The topological polar surface area (TPSA) is 41.6 Å². The number of rotatable bonds is 4. The van der Waals surface area contributed by atoms with Gasteiger partial charge in [0.25, 0.3) is 0 Å². The van der Waals surface area contributed by atoms with E-state index in [1.165, 1.54) is 11.1 Å². The number of nitrogens with zero attached hydrogens (tertiary/aromatic N) is 1. The van der Waals surface area contributed by atoms with E-state index in [0.717, 1.165) is 38.3 Å². The standard InChI is InChI=1S/C16H24N2O2.ClH/c1-13-10-14(2)12-15(11-13)20-9-4-16(19)18-7-3-5-17-6-8-18;/h10-12,17H,3-9H2,1-2H3;1H. The maximum atomic E-state index is 12.1. The second kappa shape index (κ2) is 8.90. The number of amides is 1. The molecule has 1 fully saturated rings. The largest absolute Gasteiger partial charge is 0.493 e. The van der Waals surface area contributed by atoms with Crippen molar-refractivity contribution in [1.82, 2.24) is 10.2 Å². The van der Waals surface area contributed by atoms with Crippen LogP contribution in [-0.2, 0) is 4.79 Å². The molecule has 1 aliphatic heterocycles. The molecule has 1 heterocycles. The zero-order valence-corrected chi connectivity index (χ0v) is 13.7. The Balaban J connectivity index is 0.00000220. The third-order valence-electron chi connectivity index (χ3n) is 3.47. The van der Waals surface area contributed by atoms with Crippen LogP contribution in [0.2, 0.25) is 0 Å². The first kappa shape index (κ1) is 17.8. The maximum Gasteiger partial charge on any atom is 0.226 e. The molecular weight excluding hydrogens is 288 g/mol. The number of benzene rings is 1. The quantitative estimate of drug-likeness (QED) is 0.927. The molecule has 0 spiro atoms. The second-order valence-corrected chi connectivity index (χ2v) is 5.41. The van der Waals surface area contributed by atoms with Crippen molar-refractivity contribution < 1.29 is 9.53 Å². The van der Waals surface area contributed by atoms with E-state index in [2.05, 4.69) is 25.2 Å². The molecule has 1 aromatic carbocycles. The lowest BCUT2D eigenvalue weighted by Gasteiger charge is -2.20. The molecule has 1 aromatic rings. The van der Waals surface area contributed by atoms with E-state index in [0.29, 0.717) is 13.0 Å². The lowest BCUT2D eigenvalue weighted by atomic mass is 10.1. The highest BCUT2D eigenvalue weighted by Crippen LogP contribution is 2.16. The van der Waals surface area contributed by atoms with E-state index in [9.17, 15) is 4.79 Å². The van der Waals surface area contributed by atoms with Crippen LogP contribution < -0.4 is 10.1 Å². The average molecular weight is 313 g/mol. The molecule has 1 aliphatic rings. The van der Waals surface area contributed by atoms with E-state index >= 15 is 0 Å². The molecule has 1 amide bonds. The number of nitrogens with one attached hydrogen (secondary N) is 1. The van der Waals surface area contributed by atoms with Crippen LogP contribution in [0.1, 0.15) is 24.0 Å². The summed E-state index contributed by atoms with van der Waals surface area (Å²) in [6.07, 6.45) is 1.48. The molecule has 21 heavy (non-hydrogen) atoms. The Kier molecular flexibility index (Phi) is 7.54. The summed E-state index contributed by atoms with van der Waals surface area (Å²) in [5.41, 5.74) is 2.37. The summed E-state index contributed by atoms with van der Waals surface area (Å²) in [7, 11) is 0. The van der Waals surface area contributed by atoms with Gasteiger partial charge in [0.05, 0.1) is 13.0 Å². The van der Waals surface area contributed by atoms with Crippen molar-refractivity contribution in [3.8, 4) is 5.75 Å². The van der Waals surface area contributed by atoms with Gasteiger partial charge in [-0.3, -0.25) is 4.79 Å². The molecule has 2 rings (SSSR count). The van der Waals surface area contributed by atoms with Crippen LogP contribution in [0.5, 0.6) is 5.75 Å². The van der Waals surface area contributed by atoms with Gasteiger partial charge < -0.3 is 15.0 Å². The van der Waals surface area contributed by atoms with Gasteiger partial charge in [-0.2, -0.15) is 0 Å². The number of hydrogen-bond donors (Lipinski definition) is 1. The van der Waals surface area contributed by atoms with Gasteiger partial charge in [0, 0.05) is 19.6 Å². The molecule has 0 atom stereocenters. The van der Waals surface area contributed by atoms with Crippen LogP contribution >= 0.6 is 12.4 Å². The second-order valence-electron chi connectivity index (χ2n) is 5.41. The van der Waals surface area contributed by atoms with E-state index in [1.54, 1.807) is 0 Å². The lowest BCUT2D eigenvalue weighted by molar-refractivity contribution is -0.131. The zero-order valence-electron chi connectivity index (χ0n) is 12.9. The fraction of sp³-hybridized carbons (Fsp3) is 0.562. The summed E-state index contributed by atoms with van der Waals surface area (Å²) in [5, 5.41) is 3.30. The third kappa shape index (κ3) is 5.94. The van der Waals surface area contributed by atoms with Crippen molar-refractivity contribution in [3.05, 3.63) is 29.3 Å². The molecule has 0 aromatic heterocycles. The van der Waals surface area contributed by atoms with E-state index in [1.807, 2.05) is 17.0 Å². The predicted octanol–water partition coefficient (Wildman–Crippen LogP) is 2.32. The average Bonchev–Trinajstić information content (AvgIpc) is 2.66. The van der Waals surface area contributed by atoms with Crippen molar-refractivity contribution in [3.63, 3.8) is 0 Å². The molecule has 118 valence electrons. The van der Waals surface area contributed by atoms with Crippen molar-refractivity contribution in [2.75, 3.05) is 32.8 Å². The molecule has 1 saturated heterocycles. The zero-order chi connectivity index (χ0) is 14.4. The molecule has 0 saturated carbocycles. The van der Waals surface area contributed by atoms with E-state index in [4.69, 9.17) is 4.74 Å². The van der Waals surface area contributed by atoms with Gasteiger partial charge in [-0.1, -0.05) is 6.07 Å². The Labute approximate surface area is 133 Å². The first-order valence-electron chi connectivity index (χ1n) is 7.35. The number of halogens is 1. The molecule has 1 N–H and O–H groups in total. The summed E-state index contributed by atoms with van der Waals surface area (Å²) in [5.74, 6) is 1.05. The van der Waals surface area contributed by atoms with Gasteiger partial charge in [-0.15, -0.1) is 12.4 Å². The van der Waals surface area contributed by atoms with E-state index in [-0.39, 0.29) is 18.3 Å². The SMILES string of the molecule is Cc1cc(C)cc(OCCC(=O)N2CCCNCC2)c1.Cl. The summed E-state index contributed by atoms with van der Waals surface area (Å²) < 4.78 is 5.70. The third-order valence-corrected chi connectivity index (χ3v) is 3.47. The number of carbonyl (C=O) groups excluding carboxylic acids is 1. The van der Waals surface area contributed by atoms with Crippen LogP contribution in [0, 0.1) is 13.8 Å². The monoisotopic (exact) mass is 312 g/mol. The van der Waals surface area contributed by atoms with Gasteiger partial charge in [-0.05, 0) is 50.1 Å². The summed E-state index contributed by atoms with van der Waals surface area (Å²) in [4.78, 5) is 14.0. The van der Waals surface area contributed by atoms with Gasteiger partial charge >= 0.3 is 0 Å². The molecular formula is C16H25ClN2O2. The first-order chi connectivity index (χ1) is 9.65. The van der Waals surface area contributed by atoms with Gasteiger partial charge in [0.15, 0.2) is 0 Å². The Hall–Kier alpha value is -1.26. The molecule has 5 heteroatoms. The predicted molar refractivity (Wildman–Crippen MR) is 87.3 cm³/mol. The smallest absolute Gasteiger partial charge is 0.226 e. The van der Waals surface area contributed by atoms with Crippen LogP contribution in [0.4, 0.5) is 0 Å². The fourth-order valence-corrected chi connectivity index (χ4v) is 2.53. The van der Waals surface area contributed by atoms with Crippen LogP contribution in [0.3, 0.4) is 0 Å². The highest BCUT2D eigenvalue weighted by Gasteiger charge is 2.14.